The second kappa shape index (κ2) is 19.8. The minimum Gasteiger partial charge on any atom is -0.464 e. The van der Waals surface area contributed by atoms with Crippen molar-refractivity contribution >= 4 is 46.2 Å². The number of hydrogen-bond acceptors (Lipinski definition) is 12. The van der Waals surface area contributed by atoms with E-state index in [1.165, 1.54) is 33.1 Å². The maximum atomic E-state index is 17.0. The molecule has 2 aromatic carbocycles. The molecular formula is C54H63FN10O8S. The molecule has 0 radical (unpaired) electrons. The number of ether oxygens (including phenoxy) is 4. The smallest absolute Gasteiger partial charge is 0.407 e. The highest BCUT2D eigenvalue weighted by Gasteiger charge is 2.44. The zero-order valence-electron chi connectivity index (χ0n) is 42.5. The normalized spacial score (nSPS) is 22.0. The summed E-state index contributed by atoms with van der Waals surface area (Å²) in [7, 11) is 2.57. The van der Waals surface area contributed by atoms with Gasteiger partial charge in [-0.1, -0.05) is 19.9 Å². The maximum Gasteiger partial charge on any atom is 0.407 e. The van der Waals surface area contributed by atoms with Gasteiger partial charge in [-0.05, 0) is 113 Å². The number of fused-ring (bicyclic) bond motifs is 5. The average Bonchev–Trinajstić information content (AvgIpc) is 4.13. The first kappa shape index (κ1) is 49.4. The van der Waals surface area contributed by atoms with E-state index in [0.29, 0.717) is 91.2 Å². The predicted octanol–water partition coefficient (Wildman–Crippen LogP) is 9.21. The Morgan fingerprint density at radius 1 is 0.838 bits per heavy atom. The van der Waals surface area contributed by atoms with Crippen molar-refractivity contribution in [2.45, 2.75) is 121 Å². The van der Waals surface area contributed by atoms with E-state index < -0.39 is 41.9 Å². The topological polar surface area (TPSA) is 211 Å². The summed E-state index contributed by atoms with van der Waals surface area (Å²) in [6, 6.07) is 9.19. The van der Waals surface area contributed by atoms with Gasteiger partial charge in [0.2, 0.25) is 18.0 Å². The van der Waals surface area contributed by atoms with Crippen molar-refractivity contribution in [1.29, 1.82) is 0 Å². The Kier molecular flexibility index (Phi) is 13.2. The molecule has 5 aliphatic rings. The van der Waals surface area contributed by atoms with Crippen LogP contribution in [0.15, 0.2) is 55.0 Å². The zero-order valence-corrected chi connectivity index (χ0v) is 43.4. The van der Waals surface area contributed by atoms with E-state index in [0.717, 1.165) is 51.3 Å². The molecule has 1 aliphatic carbocycles. The van der Waals surface area contributed by atoms with Crippen LogP contribution in [0.2, 0.25) is 0 Å². The van der Waals surface area contributed by atoms with Crippen molar-refractivity contribution in [3.8, 4) is 39.5 Å². The number of alkyl carbamates (subject to hydrolysis) is 2. The zero-order chi connectivity index (χ0) is 51.6. The predicted molar refractivity (Wildman–Crippen MR) is 273 cm³/mol. The Balaban J connectivity index is 0.895. The summed E-state index contributed by atoms with van der Waals surface area (Å²) < 4.78 is 41.7. The average molecular weight is 1030 g/mol. The van der Waals surface area contributed by atoms with Gasteiger partial charge in [0.15, 0.2) is 0 Å². The molecule has 3 saturated heterocycles. The molecule has 4 aromatic heterocycles. The third kappa shape index (κ3) is 9.50. The molecule has 6 atom stereocenters. The second-order valence-corrected chi connectivity index (χ2v) is 22.5. The summed E-state index contributed by atoms with van der Waals surface area (Å²) in [5.74, 6) is 1.08. The summed E-state index contributed by atoms with van der Waals surface area (Å²) in [5.41, 5.74) is 4.13. The molecule has 6 aromatic rings. The van der Waals surface area contributed by atoms with Crippen molar-refractivity contribution in [2.75, 3.05) is 33.9 Å². The third-order valence-electron chi connectivity index (χ3n) is 15.4. The van der Waals surface area contributed by atoms with Crippen molar-refractivity contribution in [1.82, 2.24) is 49.9 Å². The Morgan fingerprint density at radius 2 is 1.51 bits per heavy atom. The van der Waals surface area contributed by atoms with Crippen molar-refractivity contribution in [3.63, 3.8) is 0 Å². The lowest BCUT2D eigenvalue weighted by atomic mass is 9.82. The lowest BCUT2D eigenvalue weighted by Gasteiger charge is -2.40. The molecule has 0 bridgehead atoms. The number of hydrogen-bond donors (Lipinski definition) is 4. The van der Waals surface area contributed by atoms with Crippen LogP contribution in [0.3, 0.4) is 0 Å². The van der Waals surface area contributed by atoms with E-state index in [1.54, 1.807) is 28.6 Å². The fourth-order valence-electron chi connectivity index (χ4n) is 11.5. The molecule has 11 rings (SSSR count). The van der Waals surface area contributed by atoms with Gasteiger partial charge in [0.05, 0.1) is 82.3 Å². The van der Waals surface area contributed by atoms with E-state index in [-0.39, 0.29) is 35.7 Å². The molecule has 20 heteroatoms. The molecule has 74 heavy (non-hydrogen) atoms. The number of halogens is 1. The Morgan fingerprint density at radius 3 is 2.18 bits per heavy atom. The molecule has 4 amide bonds. The first-order chi connectivity index (χ1) is 35.7. The van der Waals surface area contributed by atoms with Gasteiger partial charge in [-0.3, -0.25) is 14.2 Å². The van der Waals surface area contributed by atoms with Gasteiger partial charge >= 0.3 is 12.2 Å². The Hall–Kier alpha value is -6.80. The first-order valence-corrected chi connectivity index (χ1v) is 26.6. The summed E-state index contributed by atoms with van der Waals surface area (Å²) in [6.45, 7) is 9.28. The highest BCUT2D eigenvalue weighted by atomic mass is 32.1. The lowest BCUT2D eigenvalue weighted by Crippen LogP contribution is -2.54. The number of carbonyl (C=O) groups is 4. The van der Waals surface area contributed by atoms with Crippen LogP contribution in [0.5, 0.6) is 5.75 Å². The molecule has 0 spiro atoms. The van der Waals surface area contributed by atoms with Crippen LogP contribution in [0, 0.1) is 23.6 Å². The number of thiazole rings is 1. The second-order valence-electron chi connectivity index (χ2n) is 21.4. The number of aromatic nitrogens is 6. The molecule has 3 unspecified atom stereocenters. The standard InChI is InChI=1S/C54H63FN10O8S/c1-28(2)45(61-52(68)70-5)49(66)63-16-7-9-38(63)48-58-26-36(60-48)32-21-34(55)44-40-22-33-20-30(13-14-37(33)65(40)51(73-41(44)23-32)42-27-56-43(74-42)19-29-11-12-29)35-25-57-47(59-35)39-10-8-17-64(39)50(67)46(62-53(69)71-6)31-15-18-72-54(3,4)24-31/h13-14,20-23,25-29,31,38-39,45-46,51H,7-12,15-19,24H2,1-6H3,(H,57,59)(H,58,60)(H,61,68)(H,62,69)/t31?,38-,39-,45-,46?,51?/m0/s1. The molecule has 390 valence electrons. The van der Waals surface area contributed by atoms with E-state index in [1.807, 2.05) is 63.1 Å². The molecular weight excluding hydrogens is 968 g/mol. The number of methoxy groups -OCH3 is 2. The third-order valence-corrected chi connectivity index (χ3v) is 16.5. The number of carbonyl (C=O) groups excluding carboxylic acids is 4. The van der Waals surface area contributed by atoms with E-state index in [9.17, 15) is 19.2 Å². The quantitative estimate of drug-likeness (QED) is 0.0857. The number of nitrogens with one attached hydrogen (secondary N) is 4. The Bertz CT molecular complexity index is 3120. The Labute approximate surface area is 432 Å². The molecule has 1 saturated carbocycles. The van der Waals surface area contributed by atoms with Crippen molar-refractivity contribution < 1.29 is 42.5 Å². The van der Waals surface area contributed by atoms with Crippen LogP contribution < -0.4 is 15.4 Å². The van der Waals surface area contributed by atoms with Crippen LogP contribution >= 0.6 is 11.3 Å². The van der Waals surface area contributed by atoms with E-state index >= 15 is 4.39 Å². The molecule has 8 heterocycles. The lowest BCUT2D eigenvalue weighted by molar-refractivity contribution is -0.139. The minimum absolute atomic E-state index is 0.131. The summed E-state index contributed by atoms with van der Waals surface area (Å²) in [4.78, 5) is 78.9. The van der Waals surface area contributed by atoms with Gasteiger partial charge in [0, 0.05) is 48.8 Å². The van der Waals surface area contributed by atoms with Crippen molar-refractivity contribution in [3.05, 3.63) is 82.3 Å². The monoisotopic (exact) mass is 1030 g/mol. The molecule has 4 N–H and O–H groups in total. The van der Waals surface area contributed by atoms with Gasteiger partial charge in [0.25, 0.3) is 0 Å². The van der Waals surface area contributed by atoms with Crippen LogP contribution in [0.1, 0.15) is 119 Å². The number of aromatic amines is 2. The summed E-state index contributed by atoms with van der Waals surface area (Å²) in [6.07, 6.45) is 10.8. The number of imidazole rings is 2. The first-order valence-electron chi connectivity index (χ1n) is 25.8. The highest BCUT2D eigenvalue weighted by molar-refractivity contribution is 7.11. The van der Waals surface area contributed by atoms with E-state index in [2.05, 4.69) is 31.2 Å². The van der Waals surface area contributed by atoms with Gasteiger partial charge < -0.3 is 49.3 Å². The number of likely N-dealkylation sites (tertiary alicyclic amines) is 2. The fourth-order valence-corrected chi connectivity index (χ4v) is 12.6. The van der Waals surface area contributed by atoms with E-state index in [4.69, 9.17) is 33.9 Å². The molecule has 18 nitrogen and oxygen atoms in total. The number of rotatable bonds is 13. The van der Waals surface area contributed by atoms with Gasteiger partial charge in [0.1, 0.15) is 35.3 Å². The number of amides is 4. The summed E-state index contributed by atoms with van der Waals surface area (Å²) >= 11 is 1.62. The SMILES string of the molecule is COC(=O)NC(C(=O)N1CCC[C@H]1c1ncc(-c2ccc3c(c2)cc2n3C(c3cnc(CC4CC4)s3)Oc3cc(-c4cnc([C@@H]5CCCN5C(=O)[C@@H](NC(=O)OC)C(C)C)[nH]4)cc(F)c3-2)[nH]1)C1CCOC(C)(C)C1. The molecule has 4 fully saturated rings. The number of benzene rings is 2. The highest BCUT2D eigenvalue weighted by Crippen LogP contribution is 2.49. The van der Waals surface area contributed by atoms with Gasteiger partial charge in [-0.2, -0.15) is 0 Å². The van der Waals surface area contributed by atoms with Crippen LogP contribution in [-0.2, 0) is 30.2 Å². The largest absolute Gasteiger partial charge is 0.464 e. The molecule has 4 aliphatic heterocycles. The minimum atomic E-state index is -0.777. The maximum absolute atomic E-state index is 17.0. The summed E-state index contributed by atoms with van der Waals surface area (Å²) in [5, 5.41) is 7.46. The van der Waals surface area contributed by atoms with Crippen LogP contribution in [0.25, 0.3) is 44.7 Å². The van der Waals surface area contributed by atoms with Gasteiger partial charge in [-0.25, -0.2) is 28.9 Å². The van der Waals surface area contributed by atoms with Crippen LogP contribution in [-0.4, -0.2) is 115 Å². The number of H-pyrrole nitrogens is 2. The number of nitrogens with zero attached hydrogens (tertiary/aromatic N) is 6. The fraction of sp³-hybridized carbons (Fsp3) is 0.500. The van der Waals surface area contributed by atoms with Crippen LogP contribution in [0.4, 0.5) is 14.0 Å². The van der Waals surface area contributed by atoms with Gasteiger partial charge in [-0.15, -0.1) is 11.3 Å². The van der Waals surface area contributed by atoms with Crippen molar-refractivity contribution in [2.24, 2.45) is 17.8 Å².